The smallest absolute Gasteiger partial charge is 0.119 e. The second-order valence-corrected chi connectivity index (χ2v) is 4.62. The van der Waals surface area contributed by atoms with E-state index in [2.05, 4.69) is 52.3 Å². The van der Waals surface area contributed by atoms with Gasteiger partial charge >= 0.3 is 0 Å². The number of methoxy groups -OCH3 is 1. The van der Waals surface area contributed by atoms with E-state index in [0.717, 1.165) is 17.5 Å². The molecule has 0 heterocycles. The summed E-state index contributed by atoms with van der Waals surface area (Å²) < 4.78 is 5.30. The van der Waals surface area contributed by atoms with E-state index in [1.807, 2.05) is 12.1 Å². The molecule has 2 heteroatoms. The summed E-state index contributed by atoms with van der Waals surface area (Å²) in [5.41, 5.74) is 3.83. The molecule has 0 N–H and O–H groups in total. The lowest BCUT2D eigenvalue weighted by molar-refractivity contribution is 0.415. The Bertz CT molecular complexity index is 480. The molecule has 0 amide bonds. The van der Waals surface area contributed by atoms with Crippen molar-refractivity contribution < 1.29 is 4.74 Å². The van der Waals surface area contributed by atoms with E-state index in [9.17, 15) is 0 Å². The third-order valence-corrected chi connectivity index (χ3v) is 3.16. The number of benzene rings is 2. The first-order valence-electron chi connectivity index (χ1n) is 5.63. The first-order chi connectivity index (χ1) is 8.35. The zero-order valence-corrected chi connectivity index (χ0v) is 11.4. The molecule has 1 nitrogen and oxygen atoms in total. The van der Waals surface area contributed by atoms with Crippen LogP contribution in [0, 0.1) is 0 Å². The summed E-state index contributed by atoms with van der Waals surface area (Å²) in [5, 5.41) is 0.971. The van der Waals surface area contributed by atoms with Crippen LogP contribution in [0.4, 0.5) is 0 Å². The Morgan fingerprint density at radius 3 is 2.47 bits per heavy atom. The van der Waals surface area contributed by atoms with E-state index in [0.29, 0.717) is 0 Å². The summed E-state index contributed by atoms with van der Waals surface area (Å²) in [4.78, 5) is 0. The summed E-state index contributed by atoms with van der Waals surface area (Å²) in [6.07, 6.45) is 1.02. The fraction of sp³-hybridized carbons (Fsp3) is 0.200. The van der Waals surface area contributed by atoms with E-state index in [4.69, 9.17) is 4.74 Å². The molecule has 0 radical (unpaired) electrons. The monoisotopic (exact) mass is 290 g/mol. The van der Waals surface area contributed by atoms with Gasteiger partial charge in [0.15, 0.2) is 0 Å². The average molecular weight is 291 g/mol. The Kier molecular flexibility index (Phi) is 4.21. The SMILES string of the molecule is COc1ccc(CCBr)c(-c2ccccc2)c1. The van der Waals surface area contributed by atoms with Gasteiger partial charge in [0.25, 0.3) is 0 Å². The Labute approximate surface area is 111 Å². The third kappa shape index (κ3) is 2.89. The maximum absolute atomic E-state index is 5.30. The van der Waals surface area contributed by atoms with Gasteiger partial charge in [0.05, 0.1) is 7.11 Å². The summed E-state index contributed by atoms with van der Waals surface area (Å²) in [5.74, 6) is 0.905. The molecule has 0 fully saturated rings. The fourth-order valence-corrected chi connectivity index (χ4v) is 2.32. The van der Waals surface area contributed by atoms with Crippen LogP contribution in [0.15, 0.2) is 48.5 Å². The van der Waals surface area contributed by atoms with Crippen molar-refractivity contribution in [3.05, 3.63) is 54.1 Å². The zero-order valence-electron chi connectivity index (χ0n) is 9.82. The van der Waals surface area contributed by atoms with Crippen molar-refractivity contribution in [2.75, 3.05) is 12.4 Å². The number of halogens is 1. The average Bonchev–Trinajstić information content (AvgIpc) is 2.40. The van der Waals surface area contributed by atoms with Crippen LogP contribution in [0.25, 0.3) is 11.1 Å². The molecule has 0 spiro atoms. The molecule has 2 aromatic rings. The number of hydrogen-bond donors (Lipinski definition) is 0. The second-order valence-electron chi connectivity index (χ2n) is 3.83. The number of aryl methyl sites for hydroxylation is 1. The lowest BCUT2D eigenvalue weighted by Gasteiger charge is -2.10. The highest BCUT2D eigenvalue weighted by Crippen LogP contribution is 2.28. The Balaban J connectivity index is 2.48. The molecule has 0 saturated carbocycles. The molecule has 2 rings (SSSR count). The van der Waals surface area contributed by atoms with E-state index in [1.54, 1.807) is 7.11 Å². The van der Waals surface area contributed by atoms with Gasteiger partial charge in [-0.2, -0.15) is 0 Å². The minimum atomic E-state index is 0.905. The predicted octanol–water partition coefficient (Wildman–Crippen LogP) is 4.30. The molecule has 0 saturated heterocycles. The molecule has 17 heavy (non-hydrogen) atoms. The molecular formula is C15H15BrO. The van der Waals surface area contributed by atoms with E-state index in [1.165, 1.54) is 16.7 Å². The van der Waals surface area contributed by atoms with Crippen LogP contribution in [-0.2, 0) is 6.42 Å². The quantitative estimate of drug-likeness (QED) is 0.763. The van der Waals surface area contributed by atoms with Crippen molar-refractivity contribution >= 4 is 15.9 Å². The van der Waals surface area contributed by atoms with Gasteiger partial charge in [0.1, 0.15) is 5.75 Å². The number of ether oxygens (including phenoxy) is 1. The normalized spacial score (nSPS) is 10.2. The van der Waals surface area contributed by atoms with Crippen LogP contribution in [-0.4, -0.2) is 12.4 Å². The van der Waals surface area contributed by atoms with Gasteiger partial charge in [-0.1, -0.05) is 52.3 Å². The van der Waals surface area contributed by atoms with Crippen LogP contribution in [0.1, 0.15) is 5.56 Å². The van der Waals surface area contributed by atoms with Crippen LogP contribution in [0.5, 0.6) is 5.75 Å². The molecule has 0 atom stereocenters. The van der Waals surface area contributed by atoms with Crippen molar-refractivity contribution in [3.8, 4) is 16.9 Å². The summed E-state index contributed by atoms with van der Waals surface area (Å²) in [6.45, 7) is 0. The van der Waals surface area contributed by atoms with Crippen molar-refractivity contribution in [3.63, 3.8) is 0 Å². The minimum absolute atomic E-state index is 0.905. The van der Waals surface area contributed by atoms with Gasteiger partial charge < -0.3 is 4.74 Å². The van der Waals surface area contributed by atoms with E-state index >= 15 is 0 Å². The van der Waals surface area contributed by atoms with Gasteiger partial charge in [-0.05, 0) is 35.2 Å². The van der Waals surface area contributed by atoms with Crippen LogP contribution >= 0.6 is 15.9 Å². The highest BCUT2D eigenvalue weighted by Gasteiger charge is 2.06. The van der Waals surface area contributed by atoms with E-state index < -0.39 is 0 Å². The van der Waals surface area contributed by atoms with Crippen molar-refractivity contribution in [2.24, 2.45) is 0 Å². The van der Waals surface area contributed by atoms with Gasteiger partial charge in [-0.15, -0.1) is 0 Å². The third-order valence-electron chi connectivity index (χ3n) is 2.77. The summed E-state index contributed by atoms with van der Waals surface area (Å²) in [7, 11) is 1.70. The lowest BCUT2D eigenvalue weighted by atomic mass is 9.98. The van der Waals surface area contributed by atoms with Gasteiger partial charge in [-0.3, -0.25) is 0 Å². The van der Waals surface area contributed by atoms with Gasteiger partial charge in [-0.25, -0.2) is 0 Å². The Hall–Kier alpha value is -1.28. The van der Waals surface area contributed by atoms with Gasteiger partial charge in [0.2, 0.25) is 0 Å². The standard InChI is InChI=1S/C15H15BrO/c1-17-14-8-7-13(9-10-16)15(11-14)12-5-3-2-4-6-12/h2-8,11H,9-10H2,1H3. The minimum Gasteiger partial charge on any atom is -0.497 e. The largest absolute Gasteiger partial charge is 0.497 e. The molecule has 0 aliphatic carbocycles. The predicted molar refractivity (Wildman–Crippen MR) is 75.9 cm³/mol. The van der Waals surface area contributed by atoms with Crippen molar-refractivity contribution in [1.82, 2.24) is 0 Å². The molecule has 0 aromatic heterocycles. The first-order valence-corrected chi connectivity index (χ1v) is 6.75. The van der Waals surface area contributed by atoms with Crippen molar-refractivity contribution in [1.29, 1.82) is 0 Å². The maximum Gasteiger partial charge on any atom is 0.119 e. The second kappa shape index (κ2) is 5.87. The van der Waals surface area contributed by atoms with Crippen LogP contribution in [0.3, 0.4) is 0 Å². The highest BCUT2D eigenvalue weighted by molar-refractivity contribution is 9.09. The first kappa shape index (κ1) is 12.2. The van der Waals surface area contributed by atoms with E-state index in [-0.39, 0.29) is 0 Å². The molecule has 0 aliphatic heterocycles. The van der Waals surface area contributed by atoms with Gasteiger partial charge in [0, 0.05) is 5.33 Å². The highest BCUT2D eigenvalue weighted by atomic mass is 79.9. The summed E-state index contributed by atoms with van der Waals surface area (Å²) in [6, 6.07) is 16.7. The number of hydrogen-bond acceptors (Lipinski definition) is 1. The summed E-state index contributed by atoms with van der Waals surface area (Å²) >= 11 is 3.50. The molecule has 0 bridgehead atoms. The Morgan fingerprint density at radius 2 is 1.82 bits per heavy atom. The molecular weight excluding hydrogens is 276 g/mol. The molecule has 2 aromatic carbocycles. The van der Waals surface area contributed by atoms with Crippen LogP contribution in [0.2, 0.25) is 0 Å². The molecule has 88 valence electrons. The number of alkyl halides is 1. The lowest BCUT2D eigenvalue weighted by Crippen LogP contribution is -1.93. The molecule has 0 aliphatic rings. The topological polar surface area (TPSA) is 9.23 Å². The number of rotatable bonds is 4. The zero-order chi connectivity index (χ0) is 12.1. The Morgan fingerprint density at radius 1 is 1.06 bits per heavy atom. The molecule has 0 unspecified atom stereocenters. The maximum atomic E-state index is 5.30. The fourth-order valence-electron chi connectivity index (χ4n) is 1.89. The van der Waals surface area contributed by atoms with Crippen molar-refractivity contribution in [2.45, 2.75) is 6.42 Å². The van der Waals surface area contributed by atoms with Crippen LogP contribution < -0.4 is 4.74 Å².